The number of hydrogen-bond acceptors (Lipinski definition) is 2. The third-order valence-corrected chi connectivity index (χ3v) is 4.46. The molecule has 0 aromatic heterocycles. The number of benzene rings is 2. The van der Waals surface area contributed by atoms with Crippen LogP contribution in [0.4, 0.5) is 0 Å². The molecule has 1 unspecified atom stereocenters. The summed E-state index contributed by atoms with van der Waals surface area (Å²) < 4.78 is 5.17. The minimum absolute atomic E-state index is 0.246. The number of carbonyl (C=O) groups excluding carboxylic acids is 1. The molecule has 1 aliphatic rings. The summed E-state index contributed by atoms with van der Waals surface area (Å²) in [6.07, 6.45) is 3.43. The fraction of sp³-hybridized carbons (Fsp3) is 0.286. The maximum Gasteiger partial charge on any atom is 0.155 e. The maximum atomic E-state index is 12.7. The smallest absolute Gasteiger partial charge is 0.155 e. The molecule has 116 valence electrons. The van der Waals surface area contributed by atoms with Crippen molar-refractivity contribution in [3.05, 3.63) is 65.7 Å². The van der Waals surface area contributed by atoms with E-state index in [0.29, 0.717) is 6.42 Å². The Hall–Kier alpha value is -2.53. The summed E-state index contributed by atoms with van der Waals surface area (Å²) in [5.74, 6) is 7.58. The Morgan fingerprint density at radius 1 is 1.00 bits per heavy atom. The largest absolute Gasteiger partial charge is 0.497 e. The van der Waals surface area contributed by atoms with Crippen LogP contribution in [0, 0.1) is 11.8 Å². The maximum absolute atomic E-state index is 12.7. The quantitative estimate of drug-likeness (QED) is 0.780. The first kappa shape index (κ1) is 15.4. The number of methoxy groups -OCH3 is 1. The first-order chi connectivity index (χ1) is 11.2. The van der Waals surface area contributed by atoms with E-state index in [4.69, 9.17) is 4.74 Å². The number of rotatable bonds is 2. The topological polar surface area (TPSA) is 26.3 Å². The molecule has 1 atom stereocenters. The van der Waals surface area contributed by atoms with Crippen LogP contribution in [0.3, 0.4) is 0 Å². The monoisotopic (exact) mass is 304 g/mol. The van der Waals surface area contributed by atoms with Crippen LogP contribution in [0.15, 0.2) is 54.6 Å². The first-order valence-electron chi connectivity index (χ1n) is 8.01. The molecule has 0 heterocycles. The van der Waals surface area contributed by atoms with Crippen molar-refractivity contribution in [2.75, 3.05) is 7.11 Å². The van der Waals surface area contributed by atoms with Gasteiger partial charge in [-0.05, 0) is 42.7 Å². The molecule has 0 radical (unpaired) electrons. The van der Waals surface area contributed by atoms with Gasteiger partial charge in [0.25, 0.3) is 0 Å². The van der Waals surface area contributed by atoms with E-state index < -0.39 is 5.41 Å². The van der Waals surface area contributed by atoms with Gasteiger partial charge in [-0.25, -0.2) is 0 Å². The lowest BCUT2D eigenvalue weighted by atomic mass is 9.69. The molecule has 0 bridgehead atoms. The second-order valence-electron chi connectivity index (χ2n) is 5.88. The number of Topliss-reactive ketones (excluding diaryl/α,β-unsaturated/α-hetero) is 1. The molecule has 1 aliphatic carbocycles. The molecule has 2 aromatic carbocycles. The molecular formula is C21H20O2. The molecule has 3 rings (SSSR count). The van der Waals surface area contributed by atoms with Crippen molar-refractivity contribution < 1.29 is 9.53 Å². The summed E-state index contributed by atoms with van der Waals surface area (Å²) in [7, 11) is 1.64. The lowest BCUT2D eigenvalue weighted by molar-refractivity contribution is -0.124. The SMILES string of the molecule is COc1ccc(C#CC2(c3ccccc3)CCCCC2=O)cc1. The van der Waals surface area contributed by atoms with Crippen molar-refractivity contribution in [1.82, 2.24) is 0 Å². The molecule has 0 saturated heterocycles. The number of ketones is 1. The summed E-state index contributed by atoms with van der Waals surface area (Å²) in [6, 6.07) is 17.6. The van der Waals surface area contributed by atoms with Crippen LogP contribution in [-0.4, -0.2) is 12.9 Å². The summed E-state index contributed by atoms with van der Waals surface area (Å²) in [4.78, 5) is 12.7. The lowest BCUT2D eigenvalue weighted by Crippen LogP contribution is -2.37. The van der Waals surface area contributed by atoms with Crippen LogP contribution >= 0.6 is 0 Å². The van der Waals surface area contributed by atoms with Crippen LogP contribution in [0.2, 0.25) is 0 Å². The van der Waals surface area contributed by atoms with Crippen LogP contribution in [0.5, 0.6) is 5.75 Å². The molecule has 0 amide bonds. The normalized spacial score (nSPS) is 20.5. The Morgan fingerprint density at radius 3 is 2.39 bits per heavy atom. The predicted molar refractivity (Wildman–Crippen MR) is 91.5 cm³/mol. The molecule has 2 nitrogen and oxygen atoms in total. The van der Waals surface area contributed by atoms with E-state index in [1.54, 1.807) is 7.11 Å². The minimum atomic E-state index is -0.653. The zero-order valence-electron chi connectivity index (χ0n) is 13.3. The van der Waals surface area contributed by atoms with Crippen LogP contribution in [0.25, 0.3) is 0 Å². The lowest BCUT2D eigenvalue weighted by Gasteiger charge is -2.31. The van der Waals surface area contributed by atoms with Gasteiger partial charge in [0.1, 0.15) is 11.2 Å². The van der Waals surface area contributed by atoms with E-state index in [2.05, 4.69) is 11.8 Å². The van der Waals surface area contributed by atoms with Gasteiger partial charge in [-0.15, -0.1) is 0 Å². The van der Waals surface area contributed by atoms with Crippen molar-refractivity contribution in [2.24, 2.45) is 0 Å². The minimum Gasteiger partial charge on any atom is -0.497 e. The van der Waals surface area contributed by atoms with Crippen LogP contribution < -0.4 is 4.74 Å². The first-order valence-corrected chi connectivity index (χ1v) is 8.01. The highest BCUT2D eigenvalue weighted by Gasteiger charge is 2.39. The molecule has 1 saturated carbocycles. The van der Waals surface area contributed by atoms with Gasteiger partial charge in [-0.3, -0.25) is 4.79 Å². The summed E-state index contributed by atoms with van der Waals surface area (Å²) in [5, 5.41) is 0. The number of hydrogen-bond donors (Lipinski definition) is 0. The van der Waals surface area contributed by atoms with Gasteiger partial charge in [-0.2, -0.15) is 0 Å². The van der Waals surface area contributed by atoms with Crippen molar-refractivity contribution in [3.63, 3.8) is 0 Å². The highest BCUT2D eigenvalue weighted by atomic mass is 16.5. The molecule has 2 aromatic rings. The van der Waals surface area contributed by atoms with Gasteiger partial charge in [0.2, 0.25) is 0 Å². The van der Waals surface area contributed by atoms with Crippen molar-refractivity contribution >= 4 is 5.78 Å². The average molecular weight is 304 g/mol. The Morgan fingerprint density at radius 2 is 1.74 bits per heavy atom. The van der Waals surface area contributed by atoms with E-state index in [1.807, 2.05) is 54.6 Å². The predicted octanol–water partition coefficient (Wildman–Crippen LogP) is 4.13. The fourth-order valence-electron chi connectivity index (χ4n) is 3.11. The van der Waals surface area contributed by atoms with Gasteiger partial charge in [-0.1, -0.05) is 48.6 Å². The number of ether oxygens (including phenoxy) is 1. The third kappa shape index (κ3) is 3.14. The van der Waals surface area contributed by atoms with Crippen molar-refractivity contribution in [2.45, 2.75) is 31.1 Å². The van der Waals surface area contributed by atoms with Crippen LogP contribution in [-0.2, 0) is 10.2 Å². The second-order valence-corrected chi connectivity index (χ2v) is 5.88. The summed E-state index contributed by atoms with van der Waals surface area (Å²) >= 11 is 0. The Labute approximate surface area is 137 Å². The van der Waals surface area contributed by atoms with Gasteiger partial charge in [0, 0.05) is 12.0 Å². The third-order valence-electron chi connectivity index (χ3n) is 4.46. The van der Waals surface area contributed by atoms with E-state index in [9.17, 15) is 4.79 Å². The van der Waals surface area contributed by atoms with Gasteiger partial charge >= 0.3 is 0 Å². The van der Waals surface area contributed by atoms with Gasteiger partial charge in [0.15, 0.2) is 5.78 Å². The molecule has 23 heavy (non-hydrogen) atoms. The molecule has 0 aliphatic heterocycles. The standard InChI is InChI=1S/C21H20O2/c1-23-19-12-10-17(11-13-19)14-16-21(15-6-5-9-20(21)22)18-7-3-2-4-8-18/h2-4,7-8,10-13H,5-6,9,15H2,1H3. The summed E-state index contributed by atoms with van der Waals surface area (Å²) in [5.41, 5.74) is 1.27. The van der Waals surface area contributed by atoms with Gasteiger partial charge < -0.3 is 4.74 Å². The highest BCUT2D eigenvalue weighted by molar-refractivity contribution is 5.94. The molecule has 0 spiro atoms. The average Bonchev–Trinajstić information content (AvgIpc) is 2.62. The van der Waals surface area contributed by atoms with E-state index in [0.717, 1.165) is 36.1 Å². The van der Waals surface area contributed by atoms with Crippen molar-refractivity contribution in [1.29, 1.82) is 0 Å². The highest BCUT2D eigenvalue weighted by Crippen LogP contribution is 2.36. The Kier molecular flexibility index (Phi) is 4.48. The molecule has 0 N–H and O–H groups in total. The zero-order valence-corrected chi connectivity index (χ0v) is 13.3. The van der Waals surface area contributed by atoms with Crippen molar-refractivity contribution in [3.8, 4) is 17.6 Å². The molecular weight excluding hydrogens is 284 g/mol. The second kappa shape index (κ2) is 6.71. The molecule has 2 heteroatoms. The molecule has 1 fully saturated rings. The van der Waals surface area contributed by atoms with E-state index in [-0.39, 0.29) is 5.78 Å². The zero-order chi connectivity index (χ0) is 16.1. The summed E-state index contributed by atoms with van der Waals surface area (Å²) in [6.45, 7) is 0. The van der Waals surface area contributed by atoms with Crippen LogP contribution in [0.1, 0.15) is 36.8 Å². The van der Waals surface area contributed by atoms with Gasteiger partial charge in [0.05, 0.1) is 7.11 Å². The number of carbonyl (C=O) groups is 1. The van der Waals surface area contributed by atoms with E-state index >= 15 is 0 Å². The van der Waals surface area contributed by atoms with E-state index in [1.165, 1.54) is 0 Å². The Bertz CT molecular complexity index is 735. The Balaban J connectivity index is 2.00. The fourth-order valence-corrected chi connectivity index (χ4v) is 3.11.